The second kappa shape index (κ2) is 6.27. The van der Waals surface area contributed by atoms with E-state index in [9.17, 15) is 0 Å². The van der Waals surface area contributed by atoms with E-state index in [2.05, 4.69) is 48.3 Å². The summed E-state index contributed by atoms with van der Waals surface area (Å²) >= 11 is 0. The van der Waals surface area contributed by atoms with Crippen LogP contribution in [0.15, 0.2) is 24.3 Å². The molecule has 1 atom stereocenters. The van der Waals surface area contributed by atoms with Crippen LogP contribution in [-0.4, -0.2) is 7.05 Å². The molecule has 0 radical (unpaired) electrons. The van der Waals surface area contributed by atoms with Crippen LogP contribution in [0.25, 0.3) is 0 Å². The zero-order valence-electron chi connectivity index (χ0n) is 9.80. The van der Waals surface area contributed by atoms with Crippen molar-refractivity contribution >= 4 is 0 Å². The Labute approximate surface area is 92.9 Å². The Balaban J connectivity index is 2.72. The highest BCUT2D eigenvalue weighted by atomic mass is 14.9. The summed E-state index contributed by atoms with van der Waals surface area (Å²) in [7, 11) is 2.01. The fourth-order valence-electron chi connectivity index (χ4n) is 1.77. The molecule has 0 aliphatic rings. The standard InChI is InChI=1S/C14H19N/c1-4-5-6-11-14(15-3)13-10-8-7-9-12(13)2/h7-10,14-15H,6,11H2,1-3H3. The lowest BCUT2D eigenvalue weighted by atomic mass is 9.98. The molecule has 0 spiro atoms. The monoisotopic (exact) mass is 201 g/mol. The number of nitrogens with one attached hydrogen (secondary N) is 1. The van der Waals surface area contributed by atoms with Gasteiger partial charge in [-0.25, -0.2) is 0 Å². The highest BCUT2D eigenvalue weighted by Gasteiger charge is 2.09. The van der Waals surface area contributed by atoms with Gasteiger partial charge in [0.25, 0.3) is 0 Å². The number of aryl methyl sites for hydroxylation is 1. The zero-order chi connectivity index (χ0) is 11.1. The first kappa shape index (κ1) is 11.8. The highest BCUT2D eigenvalue weighted by molar-refractivity contribution is 5.28. The molecule has 1 nitrogen and oxygen atoms in total. The molecule has 15 heavy (non-hydrogen) atoms. The van der Waals surface area contributed by atoms with Gasteiger partial charge in [0, 0.05) is 12.5 Å². The molecule has 0 aromatic heterocycles. The van der Waals surface area contributed by atoms with Crippen molar-refractivity contribution < 1.29 is 0 Å². The Hall–Kier alpha value is -1.26. The Morgan fingerprint density at radius 1 is 1.33 bits per heavy atom. The van der Waals surface area contributed by atoms with Crippen LogP contribution in [0.3, 0.4) is 0 Å². The molecule has 1 aromatic rings. The quantitative estimate of drug-likeness (QED) is 0.738. The third-order valence-electron chi connectivity index (χ3n) is 2.65. The average molecular weight is 201 g/mol. The summed E-state index contributed by atoms with van der Waals surface area (Å²) in [4.78, 5) is 0. The van der Waals surface area contributed by atoms with Gasteiger partial charge < -0.3 is 5.32 Å². The summed E-state index contributed by atoms with van der Waals surface area (Å²) in [6.45, 7) is 4.05. The first-order valence-corrected chi connectivity index (χ1v) is 5.42. The van der Waals surface area contributed by atoms with E-state index in [1.165, 1.54) is 11.1 Å². The molecule has 80 valence electrons. The van der Waals surface area contributed by atoms with E-state index in [1.54, 1.807) is 0 Å². The first-order valence-electron chi connectivity index (χ1n) is 5.42. The fraction of sp³-hybridized carbons (Fsp3) is 0.429. The van der Waals surface area contributed by atoms with Crippen LogP contribution < -0.4 is 5.32 Å². The van der Waals surface area contributed by atoms with Gasteiger partial charge in [-0.15, -0.1) is 11.8 Å². The van der Waals surface area contributed by atoms with Gasteiger partial charge in [-0.1, -0.05) is 24.3 Å². The maximum atomic E-state index is 3.35. The summed E-state index contributed by atoms with van der Waals surface area (Å²) in [5.74, 6) is 6.05. The predicted octanol–water partition coefficient (Wildman–Crippen LogP) is 3.06. The largest absolute Gasteiger partial charge is 0.313 e. The second-order valence-corrected chi connectivity index (χ2v) is 3.66. The maximum Gasteiger partial charge on any atom is 0.0329 e. The molecule has 1 unspecified atom stereocenters. The molecule has 1 heteroatoms. The molecule has 1 rings (SSSR count). The van der Waals surface area contributed by atoms with Crippen molar-refractivity contribution in [2.24, 2.45) is 0 Å². The molecule has 0 heterocycles. The molecular formula is C14H19N. The van der Waals surface area contributed by atoms with Crippen LogP contribution in [0.1, 0.15) is 36.9 Å². The average Bonchev–Trinajstić information content (AvgIpc) is 2.26. The van der Waals surface area contributed by atoms with E-state index in [0.29, 0.717) is 6.04 Å². The number of hydrogen-bond acceptors (Lipinski definition) is 1. The lowest BCUT2D eigenvalue weighted by Gasteiger charge is -2.17. The van der Waals surface area contributed by atoms with Crippen molar-refractivity contribution in [1.82, 2.24) is 5.32 Å². The van der Waals surface area contributed by atoms with Crippen molar-refractivity contribution in [3.8, 4) is 11.8 Å². The number of hydrogen-bond donors (Lipinski definition) is 1. The molecule has 1 N–H and O–H groups in total. The summed E-state index contributed by atoms with van der Waals surface area (Å²) in [6.07, 6.45) is 2.03. The minimum atomic E-state index is 0.423. The molecule has 0 aliphatic carbocycles. The third kappa shape index (κ3) is 3.42. The molecule has 0 saturated carbocycles. The van der Waals surface area contributed by atoms with Gasteiger partial charge in [0.1, 0.15) is 0 Å². The molecule has 0 fully saturated rings. The Morgan fingerprint density at radius 3 is 2.67 bits per heavy atom. The minimum Gasteiger partial charge on any atom is -0.313 e. The maximum absolute atomic E-state index is 3.35. The van der Waals surface area contributed by atoms with E-state index in [1.807, 2.05) is 14.0 Å². The fourth-order valence-corrected chi connectivity index (χ4v) is 1.77. The second-order valence-electron chi connectivity index (χ2n) is 3.66. The van der Waals surface area contributed by atoms with Gasteiger partial charge in [0.05, 0.1) is 0 Å². The zero-order valence-corrected chi connectivity index (χ0v) is 9.80. The van der Waals surface area contributed by atoms with E-state index < -0.39 is 0 Å². The van der Waals surface area contributed by atoms with Crippen LogP contribution in [0.2, 0.25) is 0 Å². The van der Waals surface area contributed by atoms with E-state index in [4.69, 9.17) is 0 Å². The normalized spacial score (nSPS) is 11.7. The first-order chi connectivity index (χ1) is 7.29. The molecule has 0 aliphatic heterocycles. The molecule has 1 aromatic carbocycles. The SMILES string of the molecule is CC#CCCC(NC)c1ccccc1C. The lowest BCUT2D eigenvalue weighted by molar-refractivity contribution is 0.556. The van der Waals surface area contributed by atoms with E-state index in [0.717, 1.165) is 12.8 Å². The van der Waals surface area contributed by atoms with Gasteiger partial charge in [-0.3, -0.25) is 0 Å². The van der Waals surface area contributed by atoms with E-state index in [-0.39, 0.29) is 0 Å². The summed E-state index contributed by atoms with van der Waals surface area (Å²) in [5, 5.41) is 3.35. The van der Waals surface area contributed by atoms with Gasteiger partial charge in [-0.2, -0.15) is 0 Å². The van der Waals surface area contributed by atoms with Crippen molar-refractivity contribution in [2.45, 2.75) is 32.7 Å². The Bertz CT molecular complexity index is 357. The highest BCUT2D eigenvalue weighted by Crippen LogP contribution is 2.20. The molecular weight excluding hydrogens is 182 g/mol. The topological polar surface area (TPSA) is 12.0 Å². The van der Waals surface area contributed by atoms with Crippen LogP contribution >= 0.6 is 0 Å². The molecule has 0 amide bonds. The number of rotatable bonds is 4. The Kier molecular flexibility index (Phi) is 4.93. The summed E-state index contributed by atoms with van der Waals surface area (Å²) in [6, 6.07) is 8.95. The van der Waals surface area contributed by atoms with Crippen molar-refractivity contribution in [3.63, 3.8) is 0 Å². The van der Waals surface area contributed by atoms with E-state index >= 15 is 0 Å². The van der Waals surface area contributed by atoms with Crippen LogP contribution in [0.5, 0.6) is 0 Å². The van der Waals surface area contributed by atoms with Crippen molar-refractivity contribution in [1.29, 1.82) is 0 Å². The smallest absolute Gasteiger partial charge is 0.0329 e. The molecule has 0 bridgehead atoms. The van der Waals surface area contributed by atoms with Crippen LogP contribution in [0.4, 0.5) is 0 Å². The van der Waals surface area contributed by atoms with Gasteiger partial charge in [-0.05, 0) is 38.4 Å². The summed E-state index contributed by atoms with van der Waals surface area (Å²) in [5.41, 5.74) is 2.74. The van der Waals surface area contributed by atoms with Gasteiger partial charge in [0.2, 0.25) is 0 Å². The predicted molar refractivity (Wildman–Crippen MR) is 65.7 cm³/mol. The number of benzene rings is 1. The van der Waals surface area contributed by atoms with Crippen molar-refractivity contribution in [2.75, 3.05) is 7.05 Å². The summed E-state index contributed by atoms with van der Waals surface area (Å²) < 4.78 is 0. The lowest BCUT2D eigenvalue weighted by Crippen LogP contribution is -2.17. The van der Waals surface area contributed by atoms with Gasteiger partial charge in [0.15, 0.2) is 0 Å². The van der Waals surface area contributed by atoms with Crippen LogP contribution in [0, 0.1) is 18.8 Å². The molecule has 0 saturated heterocycles. The van der Waals surface area contributed by atoms with Crippen LogP contribution in [-0.2, 0) is 0 Å². The van der Waals surface area contributed by atoms with Crippen molar-refractivity contribution in [3.05, 3.63) is 35.4 Å². The van der Waals surface area contributed by atoms with Gasteiger partial charge >= 0.3 is 0 Å². The third-order valence-corrected chi connectivity index (χ3v) is 2.65. The minimum absolute atomic E-state index is 0.423. The Morgan fingerprint density at radius 2 is 2.07 bits per heavy atom.